The first-order chi connectivity index (χ1) is 13.4. The molecule has 0 aliphatic carbocycles. The second-order valence-electron chi connectivity index (χ2n) is 6.50. The van der Waals surface area contributed by atoms with Crippen molar-refractivity contribution < 1.29 is 9.72 Å². The molecular weight excluding hydrogens is 380 g/mol. The van der Waals surface area contributed by atoms with Crippen molar-refractivity contribution in [2.24, 2.45) is 0 Å². The van der Waals surface area contributed by atoms with Gasteiger partial charge < -0.3 is 4.90 Å². The van der Waals surface area contributed by atoms with E-state index in [9.17, 15) is 19.7 Å². The number of pyridine rings is 1. The van der Waals surface area contributed by atoms with E-state index in [-0.39, 0.29) is 18.1 Å². The summed E-state index contributed by atoms with van der Waals surface area (Å²) in [4.78, 5) is 41.1. The Hall–Kier alpha value is -3.33. The van der Waals surface area contributed by atoms with E-state index in [1.165, 1.54) is 0 Å². The lowest BCUT2D eigenvalue weighted by Gasteiger charge is -2.18. The van der Waals surface area contributed by atoms with Crippen molar-refractivity contribution in [2.45, 2.75) is 19.9 Å². The summed E-state index contributed by atoms with van der Waals surface area (Å²) in [6.07, 6.45) is 1.81. The van der Waals surface area contributed by atoms with Crippen LogP contribution in [0.4, 0.5) is 11.4 Å². The molecule has 0 atom stereocenters. The number of aryl methyl sites for hydroxylation is 1. The third-order valence-electron chi connectivity index (χ3n) is 4.68. The van der Waals surface area contributed by atoms with Crippen molar-refractivity contribution in [3.63, 3.8) is 0 Å². The van der Waals surface area contributed by atoms with E-state index in [2.05, 4.69) is 4.98 Å². The van der Waals surface area contributed by atoms with Crippen LogP contribution in [0.2, 0.25) is 0 Å². The molecule has 142 valence electrons. The molecule has 3 aromatic rings. The molecule has 0 N–H and O–H groups in total. The van der Waals surface area contributed by atoms with Gasteiger partial charge in [-0.1, -0.05) is 6.07 Å². The minimum absolute atomic E-state index is 0.225. The van der Waals surface area contributed by atoms with Crippen LogP contribution in [0.3, 0.4) is 0 Å². The van der Waals surface area contributed by atoms with Gasteiger partial charge in [0.2, 0.25) is 5.91 Å². The van der Waals surface area contributed by atoms with Gasteiger partial charge in [-0.2, -0.15) is 0 Å². The number of carbonyl (C=O) groups excluding carboxylic acids is 1. The van der Waals surface area contributed by atoms with Gasteiger partial charge in [0.05, 0.1) is 21.8 Å². The molecule has 2 aromatic heterocycles. The first-order valence-corrected chi connectivity index (χ1v) is 9.51. The van der Waals surface area contributed by atoms with Crippen LogP contribution in [-0.4, -0.2) is 26.9 Å². The van der Waals surface area contributed by atoms with E-state index in [1.54, 1.807) is 16.2 Å². The van der Waals surface area contributed by atoms with Crippen molar-refractivity contribution in [3.8, 4) is 11.3 Å². The van der Waals surface area contributed by atoms with Gasteiger partial charge in [0.1, 0.15) is 6.54 Å². The molecule has 0 saturated carbocycles. The molecule has 28 heavy (non-hydrogen) atoms. The number of nitro groups is 1. The number of benzene rings is 1. The van der Waals surface area contributed by atoms with Gasteiger partial charge in [-0.25, -0.2) is 4.98 Å². The molecule has 0 spiro atoms. The molecule has 0 saturated heterocycles. The Kier molecular flexibility index (Phi) is 4.52. The van der Waals surface area contributed by atoms with Gasteiger partial charge in [-0.05, 0) is 31.0 Å². The van der Waals surface area contributed by atoms with Crippen LogP contribution < -0.4 is 10.5 Å². The molecule has 9 heteroatoms. The summed E-state index contributed by atoms with van der Waals surface area (Å²) in [6.45, 7) is 2.22. The predicted molar refractivity (Wildman–Crippen MR) is 106 cm³/mol. The van der Waals surface area contributed by atoms with Crippen molar-refractivity contribution in [3.05, 3.63) is 72.9 Å². The number of aromatic nitrogens is 2. The lowest BCUT2D eigenvalue weighted by atomic mass is 10.1. The second kappa shape index (κ2) is 7.01. The molecule has 8 nitrogen and oxygen atoms in total. The summed E-state index contributed by atoms with van der Waals surface area (Å²) < 4.78 is 1.07. The zero-order valence-corrected chi connectivity index (χ0v) is 15.8. The highest BCUT2D eigenvalue weighted by atomic mass is 32.1. The number of rotatable bonds is 4. The Balaban J connectivity index is 1.58. The van der Waals surface area contributed by atoms with Crippen LogP contribution in [0.5, 0.6) is 0 Å². The summed E-state index contributed by atoms with van der Waals surface area (Å²) in [5, 5.41) is 13.9. The number of anilines is 1. The smallest absolute Gasteiger partial charge is 0.285 e. The fourth-order valence-electron chi connectivity index (χ4n) is 3.30. The number of fused-ring (bicyclic) bond motifs is 1. The summed E-state index contributed by atoms with van der Waals surface area (Å²) in [5.41, 5.74) is 3.10. The molecule has 1 aliphatic heterocycles. The maximum Gasteiger partial charge on any atom is 0.285 e. The molecule has 3 heterocycles. The summed E-state index contributed by atoms with van der Waals surface area (Å²) in [6, 6.07) is 8.09. The highest BCUT2D eigenvalue weighted by Gasteiger charge is 2.25. The fraction of sp³-hybridized carbons (Fsp3) is 0.211. The van der Waals surface area contributed by atoms with Crippen molar-refractivity contribution >= 4 is 28.6 Å². The van der Waals surface area contributed by atoms with Crippen LogP contribution in [-0.2, 0) is 17.8 Å². The predicted octanol–water partition coefficient (Wildman–Crippen LogP) is 2.78. The molecule has 0 fully saturated rings. The van der Waals surface area contributed by atoms with E-state index in [0.717, 1.165) is 50.4 Å². The zero-order valence-electron chi connectivity index (χ0n) is 15.0. The number of hydrogen-bond donors (Lipinski definition) is 0. The van der Waals surface area contributed by atoms with Gasteiger partial charge in [-0.3, -0.25) is 24.3 Å². The van der Waals surface area contributed by atoms with Gasteiger partial charge in [0.15, 0.2) is 0 Å². The van der Waals surface area contributed by atoms with Gasteiger partial charge in [0, 0.05) is 35.3 Å². The lowest BCUT2D eigenvalue weighted by Crippen LogP contribution is -2.35. The third-order valence-corrected chi connectivity index (χ3v) is 5.45. The van der Waals surface area contributed by atoms with Crippen molar-refractivity contribution in [1.82, 2.24) is 9.55 Å². The lowest BCUT2D eigenvalue weighted by molar-refractivity contribution is -0.385. The molecule has 0 radical (unpaired) electrons. The molecule has 1 amide bonds. The molecular formula is C19H16N4O4S. The maximum absolute atomic E-state index is 12.8. The van der Waals surface area contributed by atoms with E-state index >= 15 is 0 Å². The normalized spacial score (nSPS) is 12.8. The monoisotopic (exact) mass is 396 g/mol. The number of carbonyl (C=O) groups is 1. The highest BCUT2D eigenvalue weighted by molar-refractivity contribution is 7.09. The zero-order chi connectivity index (χ0) is 19.8. The Morgan fingerprint density at radius 2 is 2.14 bits per heavy atom. The van der Waals surface area contributed by atoms with Crippen LogP contribution in [0, 0.1) is 17.0 Å². The average Bonchev–Trinajstić information content (AvgIpc) is 3.28. The SMILES string of the molecule is Cc1nc(-c2ccc3c(c2)CCN3C(=O)Cn2cc([N+](=O)[O-])ccc2=O)cs1. The van der Waals surface area contributed by atoms with E-state index < -0.39 is 10.5 Å². The Labute approximate surface area is 163 Å². The third kappa shape index (κ3) is 3.31. The summed E-state index contributed by atoms with van der Waals surface area (Å²) >= 11 is 1.59. The standard InChI is InChI=1S/C19H16N4O4S/c1-12-20-16(11-28-12)13-2-4-17-14(8-13)6-7-22(17)19(25)10-21-9-15(23(26)27)3-5-18(21)24/h2-5,8-9,11H,6-7,10H2,1H3. The summed E-state index contributed by atoms with van der Waals surface area (Å²) in [5.74, 6) is -0.279. The number of nitrogens with zero attached hydrogens (tertiary/aromatic N) is 4. The Morgan fingerprint density at radius 3 is 2.86 bits per heavy atom. The van der Waals surface area contributed by atoms with Gasteiger partial charge >= 0.3 is 0 Å². The molecule has 0 bridgehead atoms. The Morgan fingerprint density at radius 1 is 1.32 bits per heavy atom. The number of thiazole rings is 1. The van der Waals surface area contributed by atoms with Gasteiger partial charge in [-0.15, -0.1) is 11.3 Å². The first kappa shape index (κ1) is 18.1. The fourth-order valence-corrected chi connectivity index (χ4v) is 3.92. The maximum atomic E-state index is 12.8. The minimum Gasteiger partial charge on any atom is -0.310 e. The van der Waals surface area contributed by atoms with E-state index in [0.29, 0.717) is 13.0 Å². The molecule has 1 aromatic carbocycles. The largest absolute Gasteiger partial charge is 0.310 e. The van der Waals surface area contributed by atoms with Crippen LogP contribution >= 0.6 is 11.3 Å². The first-order valence-electron chi connectivity index (χ1n) is 8.63. The Bertz CT molecular complexity index is 1150. The average molecular weight is 396 g/mol. The topological polar surface area (TPSA) is 98.3 Å². The van der Waals surface area contributed by atoms with Gasteiger partial charge in [0.25, 0.3) is 11.2 Å². The van der Waals surface area contributed by atoms with Crippen LogP contribution in [0.1, 0.15) is 10.6 Å². The molecule has 4 rings (SSSR count). The van der Waals surface area contributed by atoms with Crippen LogP contribution in [0.15, 0.2) is 46.7 Å². The number of hydrogen-bond acceptors (Lipinski definition) is 6. The molecule has 0 unspecified atom stereocenters. The second-order valence-corrected chi connectivity index (χ2v) is 7.56. The highest BCUT2D eigenvalue weighted by Crippen LogP contribution is 2.32. The van der Waals surface area contributed by atoms with E-state index in [4.69, 9.17) is 0 Å². The summed E-state index contributed by atoms with van der Waals surface area (Å²) in [7, 11) is 0. The minimum atomic E-state index is -0.590. The van der Waals surface area contributed by atoms with E-state index in [1.807, 2.05) is 30.5 Å². The van der Waals surface area contributed by atoms with Crippen LogP contribution in [0.25, 0.3) is 11.3 Å². The molecule has 1 aliphatic rings. The number of amides is 1. The van der Waals surface area contributed by atoms with Crippen molar-refractivity contribution in [2.75, 3.05) is 11.4 Å². The van der Waals surface area contributed by atoms with Crippen molar-refractivity contribution in [1.29, 1.82) is 0 Å². The quantitative estimate of drug-likeness (QED) is 0.499.